The van der Waals surface area contributed by atoms with Crippen LogP contribution >= 0.6 is 0 Å². The summed E-state index contributed by atoms with van der Waals surface area (Å²) in [5.74, 6) is 0. The van der Waals surface area contributed by atoms with Crippen LogP contribution in [0.3, 0.4) is 0 Å². The molecule has 0 bridgehead atoms. The number of rotatable bonds is 5. The van der Waals surface area contributed by atoms with Crippen LogP contribution in [-0.2, 0) is 6.18 Å². The van der Waals surface area contributed by atoms with Gasteiger partial charge < -0.3 is 16.2 Å². The molecule has 19 heavy (non-hydrogen) atoms. The minimum absolute atomic E-state index is 0.00283. The van der Waals surface area contributed by atoms with E-state index in [1.165, 1.54) is 0 Å². The minimum Gasteiger partial charge on any atom is -0.396 e. The predicted molar refractivity (Wildman–Crippen MR) is 65.5 cm³/mol. The Bertz CT molecular complexity index is 458. The number of aliphatic hydroxyl groups excluding tert-OH is 1. The second-order valence-corrected chi connectivity index (χ2v) is 4.98. The van der Waals surface area contributed by atoms with Crippen LogP contribution in [0.25, 0.3) is 0 Å². The summed E-state index contributed by atoms with van der Waals surface area (Å²) < 4.78 is 37.6. The first-order valence-corrected chi connectivity index (χ1v) is 6.04. The number of pyridine rings is 1. The quantitative estimate of drug-likeness (QED) is 0.770. The Labute approximate surface area is 108 Å². The van der Waals surface area contributed by atoms with Crippen LogP contribution in [-0.4, -0.2) is 23.2 Å². The molecule has 106 valence electrons. The molecule has 1 aromatic rings. The zero-order valence-electron chi connectivity index (χ0n) is 10.3. The van der Waals surface area contributed by atoms with E-state index in [4.69, 9.17) is 10.8 Å². The zero-order chi connectivity index (χ0) is 14.1. The van der Waals surface area contributed by atoms with Gasteiger partial charge in [0.2, 0.25) is 0 Å². The number of hydrogen-bond acceptors (Lipinski definition) is 4. The summed E-state index contributed by atoms with van der Waals surface area (Å²) in [5, 5.41) is 11.9. The molecule has 0 radical (unpaired) electrons. The van der Waals surface area contributed by atoms with Crippen LogP contribution in [0.15, 0.2) is 12.3 Å². The third-order valence-corrected chi connectivity index (χ3v) is 3.48. The van der Waals surface area contributed by atoms with E-state index < -0.39 is 11.9 Å². The molecule has 1 aliphatic carbocycles. The average Bonchev–Trinajstić information content (AvgIpc) is 3.07. The van der Waals surface area contributed by atoms with Crippen molar-refractivity contribution in [1.82, 2.24) is 4.98 Å². The number of nitrogens with zero attached hydrogens (tertiary/aromatic N) is 1. The normalized spacial score (nSPS) is 17.3. The van der Waals surface area contributed by atoms with Crippen LogP contribution in [0, 0.1) is 5.41 Å². The molecule has 0 saturated heterocycles. The summed E-state index contributed by atoms with van der Waals surface area (Å²) in [6.07, 6.45) is -0.879. The van der Waals surface area contributed by atoms with Crippen molar-refractivity contribution in [3.63, 3.8) is 0 Å². The summed E-state index contributed by atoms with van der Waals surface area (Å²) in [4.78, 5) is 3.28. The first-order valence-electron chi connectivity index (χ1n) is 6.04. The number of hydrogen-bond donors (Lipinski definition) is 3. The van der Waals surface area contributed by atoms with Crippen molar-refractivity contribution in [2.24, 2.45) is 5.41 Å². The highest BCUT2D eigenvalue weighted by atomic mass is 19.4. The van der Waals surface area contributed by atoms with Crippen molar-refractivity contribution in [3.05, 3.63) is 18.0 Å². The molecule has 0 atom stereocenters. The van der Waals surface area contributed by atoms with Gasteiger partial charge in [0, 0.05) is 13.2 Å². The lowest BCUT2D eigenvalue weighted by Crippen LogP contribution is -2.18. The van der Waals surface area contributed by atoms with Crippen LogP contribution in [0.2, 0.25) is 0 Å². The van der Waals surface area contributed by atoms with Gasteiger partial charge in [-0.25, -0.2) is 4.98 Å². The Morgan fingerprint density at radius 2 is 2.11 bits per heavy atom. The SMILES string of the molecule is Nc1cnc(C(F)(F)F)cc1NCC1(CCO)CC1. The van der Waals surface area contributed by atoms with E-state index in [1.54, 1.807) is 0 Å². The highest BCUT2D eigenvalue weighted by molar-refractivity contribution is 5.65. The molecule has 0 aromatic carbocycles. The van der Waals surface area contributed by atoms with Gasteiger partial charge in [0.15, 0.2) is 0 Å². The number of nitrogens with one attached hydrogen (secondary N) is 1. The molecule has 0 spiro atoms. The first-order chi connectivity index (χ1) is 8.86. The van der Waals surface area contributed by atoms with E-state index in [2.05, 4.69) is 10.3 Å². The molecule has 1 fully saturated rings. The maximum Gasteiger partial charge on any atom is 0.433 e. The molecule has 4 nitrogen and oxygen atoms in total. The maximum absolute atomic E-state index is 12.5. The van der Waals surface area contributed by atoms with E-state index in [0.29, 0.717) is 13.0 Å². The van der Waals surface area contributed by atoms with Gasteiger partial charge in [-0.2, -0.15) is 13.2 Å². The lowest BCUT2D eigenvalue weighted by molar-refractivity contribution is -0.141. The fraction of sp³-hybridized carbons (Fsp3) is 0.583. The van der Waals surface area contributed by atoms with E-state index in [-0.39, 0.29) is 23.4 Å². The smallest absolute Gasteiger partial charge is 0.396 e. The molecular formula is C12H16F3N3O. The molecule has 0 aliphatic heterocycles. The topological polar surface area (TPSA) is 71.2 Å². The molecule has 1 heterocycles. The van der Waals surface area contributed by atoms with Gasteiger partial charge in [-0.1, -0.05) is 0 Å². The summed E-state index contributed by atoms with van der Waals surface area (Å²) in [7, 11) is 0. The molecule has 0 amide bonds. The van der Waals surface area contributed by atoms with Gasteiger partial charge in [-0.05, 0) is 30.7 Å². The maximum atomic E-state index is 12.5. The number of halogens is 3. The van der Waals surface area contributed by atoms with Gasteiger partial charge >= 0.3 is 6.18 Å². The predicted octanol–water partition coefficient (Wildman–Crippen LogP) is 2.26. The molecule has 4 N–H and O–H groups in total. The van der Waals surface area contributed by atoms with Gasteiger partial charge in [0.05, 0.1) is 17.6 Å². The molecule has 2 rings (SSSR count). The van der Waals surface area contributed by atoms with Crippen molar-refractivity contribution >= 4 is 11.4 Å². The molecule has 1 aromatic heterocycles. The molecule has 7 heteroatoms. The van der Waals surface area contributed by atoms with Crippen molar-refractivity contribution in [3.8, 4) is 0 Å². The first kappa shape index (κ1) is 13.9. The highest BCUT2D eigenvalue weighted by Gasteiger charge is 2.41. The summed E-state index contributed by atoms with van der Waals surface area (Å²) in [5.41, 5.74) is 5.09. The van der Waals surface area contributed by atoms with Crippen molar-refractivity contribution in [1.29, 1.82) is 0 Å². The molecule has 1 aliphatic rings. The van der Waals surface area contributed by atoms with Crippen LogP contribution in [0.5, 0.6) is 0 Å². The Kier molecular flexibility index (Phi) is 3.58. The average molecular weight is 275 g/mol. The van der Waals surface area contributed by atoms with Gasteiger partial charge in [-0.15, -0.1) is 0 Å². The Balaban J connectivity index is 2.07. The lowest BCUT2D eigenvalue weighted by Gasteiger charge is -2.17. The standard InChI is InChI=1S/C12H16F3N3O/c13-12(14,15)10-5-9(8(16)6-17-10)18-7-11(1-2-11)3-4-19/h5-6,19H,1-4,7,16H2,(H,17,18). The Morgan fingerprint density at radius 1 is 1.42 bits per heavy atom. The van der Waals surface area contributed by atoms with Crippen molar-refractivity contribution < 1.29 is 18.3 Å². The van der Waals surface area contributed by atoms with Crippen molar-refractivity contribution in [2.45, 2.75) is 25.4 Å². The molecular weight excluding hydrogens is 259 g/mol. The van der Waals surface area contributed by atoms with Crippen LogP contribution in [0.1, 0.15) is 25.0 Å². The lowest BCUT2D eigenvalue weighted by atomic mass is 10.0. The van der Waals surface area contributed by atoms with E-state index >= 15 is 0 Å². The summed E-state index contributed by atoms with van der Waals surface area (Å²) in [6, 6.07) is 0.921. The van der Waals surface area contributed by atoms with E-state index in [9.17, 15) is 13.2 Å². The number of anilines is 2. The Hall–Kier alpha value is -1.50. The third kappa shape index (κ3) is 3.28. The summed E-state index contributed by atoms with van der Waals surface area (Å²) in [6.45, 7) is 0.598. The fourth-order valence-corrected chi connectivity index (χ4v) is 1.99. The zero-order valence-corrected chi connectivity index (χ0v) is 10.3. The van der Waals surface area contributed by atoms with Gasteiger partial charge in [0.1, 0.15) is 5.69 Å². The van der Waals surface area contributed by atoms with E-state index in [1.807, 2.05) is 0 Å². The largest absolute Gasteiger partial charge is 0.433 e. The van der Waals surface area contributed by atoms with Crippen molar-refractivity contribution in [2.75, 3.05) is 24.2 Å². The molecule has 0 unspecified atom stereocenters. The number of aliphatic hydroxyl groups is 1. The van der Waals surface area contributed by atoms with Gasteiger partial charge in [-0.3, -0.25) is 0 Å². The van der Waals surface area contributed by atoms with E-state index in [0.717, 1.165) is 25.1 Å². The third-order valence-electron chi connectivity index (χ3n) is 3.48. The monoisotopic (exact) mass is 275 g/mol. The molecule has 1 saturated carbocycles. The summed E-state index contributed by atoms with van der Waals surface area (Å²) >= 11 is 0. The van der Waals surface area contributed by atoms with Crippen LogP contribution < -0.4 is 11.1 Å². The fourth-order valence-electron chi connectivity index (χ4n) is 1.99. The number of alkyl halides is 3. The number of nitrogen functional groups attached to an aromatic ring is 1. The minimum atomic E-state index is -4.48. The number of aromatic nitrogens is 1. The highest BCUT2D eigenvalue weighted by Crippen LogP contribution is 2.48. The van der Waals surface area contributed by atoms with Gasteiger partial charge in [0.25, 0.3) is 0 Å². The Morgan fingerprint density at radius 3 is 2.63 bits per heavy atom. The van der Waals surface area contributed by atoms with Crippen LogP contribution in [0.4, 0.5) is 24.5 Å². The second-order valence-electron chi connectivity index (χ2n) is 4.98. The second kappa shape index (κ2) is 4.88. The number of nitrogens with two attached hydrogens (primary N) is 1.